The van der Waals surface area contributed by atoms with E-state index in [-0.39, 0.29) is 5.91 Å². The molecular formula is C25H28N4OS2. The lowest BCUT2D eigenvalue weighted by atomic mass is 10.1. The van der Waals surface area contributed by atoms with E-state index in [1.807, 2.05) is 33.8 Å². The molecule has 0 saturated carbocycles. The summed E-state index contributed by atoms with van der Waals surface area (Å²) in [4.78, 5) is 25.5. The van der Waals surface area contributed by atoms with Crippen molar-refractivity contribution in [3.8, 4) is 0 Å². The largest absolute Gasteiger partial charge is 0.337 e. The standard InChI is InChI=1S/C25H28N4OS2/c1-4-31-21-9-7-20(8-10-21)16-23(30)29(14-5-13-28-15-12-26-17-28)25-27-24-19(3)18(2)6-11-22(24)32-25/h6-12,15,17H,4-5,13-14,16H2,1-3H3. The number of anilines is 1. The van der Waals surface area contributed by atoms with Crippen LogP contribution in [-0.2, 0) is 17.8 Å². The summed E-state index contributed by atoms with van der Waals surface area (Å²) in [6, 6.07) is 12.6. The van der Waals surface area contributed by atoms with Crippen LogP contribution in [0.5, 0.6) is 0 Å². The fourth-order valence-corrected chi connectivity index (χ4v) is 5.36. The first-order valence-electron chi connectivity index (χ1n) is 10.9. The molecule has 0 saturated heterocycles. The summed E-state index contributed by atoms with van der Waals surface area (Å²) in [6.07, 6.45) is 6.75. The van der Waals surface area contributed by atoms with E-state index < -0.39 is 0 Å². The van der Waals surface area contributed by atoms with Gasteiger partial charge in [-0.1, -0.05) is 36.5 Å². The Morgan fingerprint density at radius 3 is 2.69 bits per heavy atom. The van der Waals surface area contributed by atoms with E-state index in [0.29, 0.717) is 13.0 Å². The fraction of sp³-hybridized carbons (Fsp3) is 0.320. The third-order valence-corrected chi connectivity index (χ3v) is 7.49. The van der Waals surface area contributed by atoms with Gasteiger partial charge >= 0.3 is 0 Å². The van der Waals surface area contributed by atoms with Gasteiger partial charge in [0, 0.05) is 30.4 Å². The predicted molar refractivity (Wildman–Crippen MR) is 135 cm³/mol. The molecule has 2 aromatic carbocycles. The lowest BCUT2D eigenvalue weighted by Gasteiger charge is -2.20. The van der Waals surface area contributed by atoms with Crippen LogP contribution in [-0.4, -0.2) is 32.7 Å². The second-order valence-electron chi connectivity index (χ2n) is 7.80. The number of hydrogen-bond donors (Lipinski definition) is 0. The van der Waals surface area contributed by atoms with Crippen LogP contribution in [0.25, 0.3) is 10.2 Å². The van der Waals surface area contributed by atoms with Crippen LogP contribution in [0, 0.1) is 13.8 Å². The van der Waals surface area contributed by atoms with Gasteiger partial charge in [0.15, 0.2) is 5.13 Å². The van der Waals surface area contributed by atoms with Crippen LogP contribution in [0.2, 0.25) is 0 Å². The Kier molecular flexibility index (Phi) is 7.27. The summed E-state index contributed by atoms with van der Waals surface area (Å²) in [6.45, 7) is 7.78. The fourth-order valence-electron chi connectivity index (χ4n) is 3.63. The molecule has 0 aliphatic rings. The van der Waals surface area contributed by atoms with E-state index in [2.05, 4.69) is 62.2 Å². The van der Waals surface area contributed by atoms with Crippen molar-refractivity contribution in [3.63, 3.8) is 0 Å². The van der Waals surface area contributed by atoms with Crippen LogP contribution >= 0.6 is 23.1 Å². The van der Waals surface area contributed by atoms with Crippen molar-refractivity contribution in [2.75, 3.05) is 17.2 Å². The van der Waals surface area contributed by atoms with Crippen molar-refractivity contribution >= 4 is 44.4 Å². The van der Waals surface area contributed by atoms with Crippen molar-refractivity contribution in [2.45, 2.75) is 45.1 Å². The molecule has 4 rings (SSSR count). The molecule has 166 valence electrons. The highest BCUT2D eigenvalue weighted by Gasteiger charge is 2.21. The highest BCUT2D eigenvalue weighted by molar-refractivity contribution is 7.99. The average Bonchev–Trinajstić information content (AvgIpc) is 3.46. The summed E-state index contributed by atoms with van der Waals surface area (Å²) in [7, 11) is 0. The van der Waals surface area contributed by atoms with Crippen LogP contribution in [0.4, 0.5) is 5.13 Å². The molecule has 0 radical (unpaired) electrons. The monoisotopic (exact) mass is 464 g/mol. The van der Waals surface area contributed by atoms with E-state index in [1.54, 1.807) is 17.5 Å². The first kappa shape index (κ1) is 22.6. The first-order valence-corrected chi connectivity index (χ1v) is 12.7. The number of aryl methyl sites for hydroxylation is 3. The molecule has 7 heteroatoms. The van der Waals surface area contributed by atoms with Gasteiger partial charge < -0.3 is 4.57 Å². The van der Waals surface area contributed by atoms with Crippen molar-refractivity contribution in [1.29, 1.82) is 0 Å². The number of thiazole rings is 1. The lowest BCUT2D eigenvalue weighted by molar-refractivity contribution is -0.118. The van der Waals surface area contributed by atoms with Gasteiger partial charge in [0.05, 0.1) is 23.0 Å². The van der Waals surface area contributed by atoms with E-state index in [0.717, 1.165) is 39.6 Å². The van der Waals surface area contributed by atoms with E-state index in [1.165, 1.54) is 16.0 Å². The lowest BCUT2D eigenvalue weighted by Crippen LogP contribution is -2.33. The second-order valence-corrected chi connectivity index (χ2v) is 10.2. The maximum atomic E-state index is 13.4. The van der Waals surface area contributed by atoms with Gasteiger partial charge in [0.2, 0.25) is 5.91 Å². The predicted octanol–water partition coefficient (Wildman–Crippen LogP) is 5.89. The van der Waals surface area contributed by atoms with Gasteiger partial charge in [-0.25, -0.2) is 9.97 Å². The molecule has 5 nitrogen and oxygen atoms in total. The Hall–Kier alpha value is -2.64. The Balaban J connectivity index is 1.56. The molecule has 0 fully saturated rings. The maximum Gasteiger partial charge on any atom is 0.233 e. The van der Waals surface area contributed by atoms with E-state index in [9.17, 15) is 4.79 Å². The number of carbonyl (C=O) groups is 1. The van der Waals surface area contributed by atoms with Gasteiger partial charge in [-0.05, 0) is 60.9 Å². The molecule has 4 aromatic rings. The quantitative estimate of drug-likeness (QED) is 0.290. The van der Waals surface area contributed by atoms with Crippen molar-refractivity contribution < 1.29 is 4.79 Å². The van der Waals surface area contributed by atoms with Crippen LogP contribution in [0.1, 0.15) is 30.0 Å². The number of amides is 1. The molecule has 1 amide bonds. The zero-order valence-corrected chi connectivity index (χ0v) is 20.4. The molecule has 32 heavy (non-hydrogen) atoms. The molecule has 0 spiro atoms. The zero-order valence-electron chi connectivity index (χ0n) is 18.7. The third-order valence-electron chi connectivity index (χ3n) is 5.55. The zero-order chi connectivity index (χ0) is 22.5. The van der Waals surface area contributed by atoms with Crippen LogP contribution in [0.3, 0.4) is 0 Å². The number of rotatable bonds is 9. The average molecular weight is 465 g/mol. The Morgan fingerprint density at radius 2 is 1.97 bits per heavy atom. The molecule has 2 heterocycles. The molecular weight excluding hydrogens is 436 g/mol. The third kappa shape index (κ3) is 5.22. The summed E-state index contributed by atoms with van der Waals surface area (Å²) < 4.78 is 3.16. The van der Waals surface area contributed by atoms with Crippen LogP contribution in [0.15, 0.2) is 60.0 Å². The number of nitrogens with zero attached hydrogens (tertiary/aromatic N) is 4. The molecule has 0 atom stereocenters. The Labute approximate surface area is 197 Å². The van der Waals surface area contributed by atoms with Crippen molar-refractivity contribution in [3.05, 3.63) is 71.8 Å². The van der Waals surface area contributed by atoms with Gasteiger partial charge in [0.25, 0.3) is 0 Å². The summed E-state index contributed by atoms with van der Waals surface area (Å²) >= 11 is 3.41. The Morgan fingerprint density at radius 1 is 1.16 bits per heavy atom. The maximum absolute atomic E-state index is 13.4. The van der Waals surface area contributed by atoms with Gasteiger partial charge in [-0.2, -0.15) is 0 Å². The minimum absolute atomic E-state index is 0.0833. The number of hydrogen-bond acceptors (Lipinski definition) is 5. The highest BCUT2D eigenvalue weighted by Crippen LogP contribution is 2.32. The molecule has 0 N–H and O–H groups in total. The molecule has 0 unspecified atom stereocenters. The van der Waals surface area contributed by atoms with Crippen molar-refractivity contribution in [1.82, 2.24) is 14.5 Å². The summed E-state index contributed by atoms with van der Waals surface area (Å²) in [5.74, 6) is 1.12. The highest BCUT2D eigenvalue weighted by atomic mass is 32.2. The number of imidazole rings is 1. The summed E-state index contributed by atoms with van der Waals surface area (Å²) in [5, 5.41) is 0.780. The second kappa shape index (κ2) is 10.3. The number of fused-ring (bicyclic) bond motifs is 1. The number of aromatic nitrogens is 3. The smallest absolute Gasteiger partial charge is 0.233 e. The SMILES string of the molecule is CCSc1ccc(CC(=O)N(CCCn2ccnc2)c2nc3c(C)c(C)ccc3s2)cc1. The molecule has 2 aromatic heterocycles. The van der Waals surface area contributed by atoms with Crippen molar-refractivity contribution in [2.24, 2.45) is 0 Å². The molecule has 0 aliphatic heterocycles. The van der Waals surface area contributed by atoms with Gasteiger partial charge in [-0.15, -0.1) is 11.8 Å². The molecule has 0 bridgehead atoms. The Bertz CT molecular complexity index is 1180. The number of carbonyl (C=O) groups excluding carboxylic acids is 1. The summed E-state index contributed by atoms with van der Waals surface area (Å²) in [5.41, 5.74) is 4.43. The number of thioether (sulfide) groups is 1. The minimum atomic E-state index is 0.0833. The van der Waals surface area contributed by atoms with Gasteiger partial charge in [0.1, 0.15) is 0 Å². The topological polar surface area (TPSA) is 51.0 Å². The normalized spacial score (nSPS) is 11.2. The minimum Gasteiger partial charge on any atom is -0.337 e. The van der Waals surface area contributed by atoms with E-state index in [4.69, 9.17) is 4.98 Å². The molecule has 0 aliphatic carbocycles. The van der Waals surface area contributed by atoms with Gasteiger partial charge in [-0.3, -0.25) is 9.69 Å². The van der Waals surface area contributed by atoms with E-state index >= 15 is 0 Å². The number of benzene rings is 2. The first-order chi connectivity index (χ1) is 15.5. The van der Waals surface area contributed by atoms with Crippen LogP contribution < -0.4 is 4.90 Å².